The molecule has 0 aliphatic carbocycles. The van der Waals surface area contributed by atoms with E-state index in [1.165, 1.54) is 14.2 Å². The molecule has 2 aliphatic rings. The number of fused-ring (bicyclic) bond motifs is 3. The number of para-hydroxylation sites is 3. The van der Waals surface area contributed by atoms with Crippen LogP contribution in [0.5, 0.6) is 0 Å². The molecule has 0 saturated carbocycles. The summed E-state index contributed by atoms with van der Waals surface area (Å²) in [7, 11) is 4.80. The second-order valence-electron chi connectivity index (χ2n) is 8.79. The first-order chi connectivity index (χ1) is 17.8. The number of hydrogen-bond donors (Lipinski definition) is 0. The Bertz CT molecular complexity index is 1390. The fourth-order valence-electron chi connectivity index (χ4n) is 5.13. The van der Waals surface area contributed by atoms with Gasteiger partial charge in [-0.25, -0.2) is 0 Å². The molecule has 3 aromatic rings. The van der Waals surface area contributed by atoms with E-state index in [-0.39, 0.29) is 18.4 Å². The second kappa shape index (κ2) is 9.84. The quantitative estimate of drug-likeness (QED) is 0.403. The molecule has 0 bridgehead atoms. The Morgan fingerprint density at radius 2 is 1.62 bits per heavy atom. The Morgan fingerprint density at radius 1 is 0.973 bits per heavy atom. The molecule has 190 valence electrons. The molecule has 0 radical (unpaired) electrons. The molecule has 2 aliphatic heterocycles. The molecule has 0 aromatic heterocycles. The molecule has 0 spiro atoms. The molecule has 37 heavy (non-hydrogen) atoms. The van der Waals surface area contributed by atoms with Gasteiger partial charge in [-0.3, -0.25) is 19.4 Å². The third kappa shape index (κ3) is 3.90. The SMILES string of the molecule is COCC(=O)N1C(N(C)c2ccccc2Cl)=CC2(c3ccc(Cl)cc3)C(OC)C(=O)N2c2ccccc21. The van der Waals surface area contributed by atoms with Gasteiger partial charge < -0.3 is 14.4 Å². The lowest BCUT2D eigenvalue weighted by atomic mass is 9.74. The largest absolute Gasteiger partial charge is 0.375 e. The van der Waals surface area contributed by atoms with E-state index in [1.54, 1.807) is 28.0 Å². The van der Waals surface area contributed by atoms with E-state index >= 15 is 0 Å². The van der Waals surface area contributed by atoms with E-state index in [2.05, 4.69) is 0 Å². The third-order valence-corrected chi connectivity index (χ3v) is 7.34. The van der Waals surface area contributed by atoms with Gasteiger partial charge in [-0.15, -0.1) is 0 Å². The van der Waals surface area contributed by atoms with Crippen molar-refractivity contribution in [3.05, 3.63) is 100 Å². The van der Waals surface area contributed by atoms with Crippen molar-refractivity contribution in [2.24, 2.45) is 0 Å². The molecule has 3 aromatic carbocycles. The molecule has 0 N–H and O–H groups in total. The molecular weight excluding hydrogens is 513 g/mol. The van der Waals surface area contributed by atoms with Gasteiger partial charge in [-0.2, -0.15) is 0 Å². The number of methoxy groups -OCH3 is 2. The highest BCUT2D eigenvalue weighted by Gasteiger charge is 2.63. The van der Waals surface area contributed by atoms with Gasteiger partial charge in [0.2, 0.25) is 0 Å². The van der Waals surface area contributed by atoms with Crippen LogP contribution in [0.4, 0.5) is 17.1 Å². The Hall–Kier alpha value is -3.36. The molecule has 2 amide bonds. The van der Waals surface area contributed by atoms with Gasteiger partial charge in [0.25, 0.3) is 11.8 Å². The van der Waals surface area contributed by atoms with Crippen molar-refractivity contribution in [1.29, 1.82) is 0 Å². The number of anilines is 3. The van der Waals surface area contributed by atoms with Gasteiger partial charge in [0.15, 0.2) is 6.10 Å². The number of carbonyl (C=O) groups excluding carboxylic acids is 2. The first kappa shape index (κ1) is 25.3. The fourth-order valence-corrected chi connectivity index (χ4v) is 5.52. The Morgan fingerprint density at radius 3 is 2.27 bits per heavy atom. The normalized spacial score (nSPS) is 20.4. The first-order valence-electron chi connectivity index (χ1n) is 11.6. The summed E-state index contributed by atoms with van der Waals surface area (Å²) in [5.41, 5.74) is 1.50. The summed E-state index contributed by atoms with van der Waals surface area (Å²) in [6, 6.07) is 21.9. The smallest absolute Gasteiger partial charge is 0.260 e. The summed E-state index contributed by atoms with van der Waals surface area (Å²) >= 11 is 12.8. The number of amides is 2. The topological polar surface area (TPSA) is 62.3 Å². The van der Waals surface area contributed by atoms with E-state index in [0.717, 1.165) is 5.56 Å². The van der Waals surface area contributed by atoms with Gasteiger partial charge >= 0.3 is 0 Å². The van der Waals surface area contributed by atoms with E-state index in [1.807, 2.05) is 72.6 Å². The lowest BCUT2D eigenvalue weighted by Gasteiger charge is -2.55. The Balaban J connectivity index is 1.86. The number of benzene rings is 3. The first-order valence-corrected chi connectivity index (χ1v) is 12.4. The van der Waals surface area contributed by atoms with Crippen molar-refractivity contribution >= 4 is 52.1 Å². The standard InChI is InChI=1S/C28H25Cl2N3O4/c1-31(21-9-5-4-8-20(21)30)24-16-28(18-12-14-19(29)15-13-18)26(37-3)27(35)33(28)23-11-7-6-10-22(23)32(24)25(34)17-36-2/h4-16,26H,17H2,1-3H3. The monoisotopic (exact) mass is 537 g/mol. The number of hydrogen-bond acceptors (Lipinski definition) is 5. The minimum Gasteiger partial charge on any atom is -0.375 e. The number of β-lactam (4-membered cyclic amide) rings is 1. The zero-order chi connectivity index (χ0) is 26.3. The highest BCUT2D eigenvalue weighted by Crippen LogP contribution is 2.53. The van der Waals surface area contributed by atoms with Crippen molar-refractivity contribution in [2.75, 3.05) is 42.6 Å². The van der Waals surface area contributed by atoms with Gasteiger partial charge in [0.05, 0.1) is 22.1 Å². The molecule has 9 heteroatoms. The second-order valence-corrected chi connectivity index (χ2v) is 9.63. The van der Waals surface area contributed by atoms with Gasteiger partial charge in [0, 0.05) is 26.3 Å². The van der Waals surface area contributed by atoms with E-state index < -0.39 is 11.6 Å². The zero-order valence-electron chi connectivity index (χ0n) is 20.5. The average Bonchev–Trinajstić information content (AvgIpc) is 3.00. The highest BCUT2D eigenvalue weighted by atomic mass is 35.5. The van der Waals surface area contributed by atoms with Crippen LogP contribution in [0.3, 0.4) is 0 Å². The molecule has 1 fully saturated rings. The fraction of sp³-hybridized carbons (Fsp3) is 0.214. The summed E-state index contributed by atoms with van der Waals surface area (Å²) in [5, 5.41) is 1.07. The van der Waals surface area contributed by atoms with Crippen LogP contribution in [0, 0.1) is 0 Å². The van der Waals surface area contributed by atoms with Crippen LogP contribution >= 0.6 is 23.2 Å². The molecule has 1 saturated heterocycles. The predicted octanol–water partition coefficient (Wildman–Crippen LogP) is 5.22. The van der Waals surface area contributed by atoms with Gasteiger partial charge in [-0.05, 0) is 48.0 Å². The number of halogens is 2. The van der Waals surface area contributed by atoms with Crippen molar-refractivity contribution in [1.82, 2.24) is 0 Å². The minimum absolute atomic E-state index is 0.169. The Labute approximate surface area is 225 Å². The van der Waals surface area contributed by atoms with Crippen molar-refractivity contribution in [3.8, 4) is 0 Å². The van der Waals surface area contributed by atoms with Crippen LogP contribution in [0.2, 0.25) is 10.0 Å². The van der Waals surface area contributed by atoms with Crippen molar-refractivity contribution in [3.63, 3.8) is 0 Å². The molecule has 2 unspecified atom stereocenters. The summed E-state index contributed by atoms with van der Waals surface area (Å²) in [4.78, 5) is 32.3. The highest BCUT2D eigenvalue weighted by molar-refractivity contribution is 6.33. The maximum atomic E-state index is 13.6. The van der Waals surface area contributed by atoms with Crippen LogP contribution in [0.1, 0.15) is 5.56 Å². The summed E-state index contributed by atoms with van der Waals surface area (Å²) < 4.78 is 11.0. The van der Waals surface area contributed by atoms with Crippen molar-refractivity contribution < 1.29 is 19.1 Å². The van der Waals surface area contributed by atoms with E-state index in [4.69, 9.17) is 32.7 Å². The number of rotatable bonds is 6. The van der Waals surface area contributed by atoms with E-state index in [9.17, 15) is 9.59 Å². The third-order valence-electron chi connectivity index (χ3n) is 6.77. The van der Waals surface area contributed by atoms with Crippen LogP contribution in [0.15, 0.2) is 84.7 Å². The molecule has 5 rings (SSSR count). The van der Waals surface area contributed by atoms with Gasteiger partial charge in [-0.1, -0.05) is 59.6 Å². The molecule has 7 nitrogen and oxygen atoms in total. The minimum atomic E-state index is -1.07. The lowest BCUT2D eigenvalue weighted by Crippen LogP contribution is -2.72. The van der Waals surface area contributed by atoms with Crippen LogP contribution in [0.25, 0.3) is 0 Å². The summed E-state index contributed by atoms with van der Waals surface area (Å²) in [5.74, 6) is -0.0354. The maximum absolute atomic E-state index is 13.6. The Kier molecular flexibility index (Phi) is 6.72. The zero-order valence-corrected chi connectivity index (χ0v) is 22.0. The number of ether oxygens (including phenoxy) is 2. The van der Waals surface area contributed by atoms with Crippen LogP contribution in [-0.4, -0.2) is 45.8 Å². The predicted molar refractivity (Wildman–Crippen MR) is 145 cm³/mol. The number of carbonyl (C=O) groups is 2. The lowest BCUT2D eigenvalue weighted by molar-refractivity contribution is -0.144. The average molecular weight is 538 g/mol. The molecular formula is C28H25Cl2N3O4. The molecule has 2 heterocycles. The van der Waals surface area contributed by atoms with Crippen molar-refractivity contribution in [2.45, 2.75) is 11.6 Å². The number of nitrogens with zero attached hydrogens (tertiary/aromatic N) is 3. The van der Waals surface area contributed by atoms with E-state index in [0.29, 0.717) is 32.9 Å². The van der Waals surface area contributed by atoms with Crippen LogP contribution in [-0.2, 0) is 24.6 Å². The summed E-state index contributed by atoms with van der Waals surface area (Å²) in [6.45, 7) is -0.169. The maximum Gasteiger partial charge on any atom is 0.260 e. The van der Waals surface area contributed by atoms with Crippen LogP contribution < -0.4 is 14.7 Å². The molecule has 2 atom stereocenters. The summed E-state index contributed by atoms with van der Waals surface area (Å²) in [6.07, 6.45) is 1.05. The van der Waals surface area contributed by atoms with Gasteiger partial charge in [0.1, 0.15) is 18.0 Å².